The third-order valence-electron chi connectivity index (χ3n) is 2.19. The van der Waals surface area contributed by atoms with Crippen LogP contribution in [-0.4, -0.2) is 21.2 Å². The van der Waals surface area contributed by atoms with Crippen molar-refractivity contribution in [1.82, 2.24) is 0 Å². The fraction of sp³-hybridized carbons (Fsp3) is 0.444. The first-order valence-electron chi connectivity index (χ1n) is 4.10. The van der Waals surface area contributed by atoms with Gasteiger partial charge in [0.15, 0.2) is 0 Å². The summed E-state index contributed by atoms with van der Waals surface area (Å²) in [6.07, 6.45) is 0. The fourth-order valence-electron chi connectivity index (χ4n) is 1.02. The predicted molar refractivity (Wildman–Crippen MR) is 60.8 cm³/mol. The Morgan fingerprint density at radius 2 is 1.25 bits per heavy atom. The highest BCUT2D eigenvalue weighted by Gasteiger charge is 2.37. The van der Waals surface area contributed by atoms with Crippen LogP contribution in [0.25, 0.3) is 0 Å². The molecule has 0 radical (unpaired) electrons. The van der Waals surface area contributed by atoms with Crippen LogP contribution >= 0.6 is 0 Å². The van der Waals surface area contributed by atoms with Gasteiger partial charge in [-0.05, 0) is 0 Å². The molecule has 0 aliphatic rings. The summed E-state index contributed by atoms with van der Waals surface area (Å²) in [6, 6.07) is 0. The average Bonchev–Trinajstić information content (AvgIpc) is 2.03. The van der Waals surface area contributed by atoms with Crippen molar-refractivity contribution in [1.29, 1.82) is 0 Å². The van der Waals surface area contributed by atoms with Crippen LogP contribution in [0.4, 0.5) is 4.79 Å². The van der Waals surface area contributed by atoms with Crippen molar-refractivity contribution in [2.45, 2.75) is 26.2 Å². The number of carbonyl (C=O) groups is 1. The van der Waals surface area contributed by atoms with Crippen LogP contribution in [0, 0.1) is 0 Å². The summed E-state index contributed by atoms with van der Waals surface area (Å²) in [6.45, 7) is 15.6. The second-order valence-electron chi connectivity index (χ2n) is 4.18. The quantitative estimate of drug-likeness (QED) is 0.634. The van der Waals surface area contributed by atoms with E-state index >= 15 is 0 Å². The van der Waals surface area contributed by atoms with Crippen LogP contribution in [-0.2, 0) is 0 Å². The topological polar surface area (TPSA) is 17.1 Å². The monoisotopic (exact) mass is 198 g/mol. The molecule has 0 aromatic rings. The van der Waals surface area contributed by atoms with Crippen LogP contribution in [0.15, 0.2) is 24.6 Å². The summed E-state index contributed by atoms with van der Waals surface area (Å²) in [5, 5.41) is 0.431. The summed E-state index contributed by atoms with van der Waals surface area (Å²) < 4.78 is 0. The van der Waals surface area contributed by atoms with E-state index in [2.05, 4.69) is 13.2 Å². The molecule has 0 amide bonds. The van der Waals surface area contributed by atoms with E-state index in [0.717, 1.165) is 0 Å². The van der Waals surface area contributed by atoms with Crippen LogP contribution < -0.4 is 0 Å². The summed E-state index contributed by atoms with van der Waals surface area (Å²) in [5.41, 5.74) is 3.71. The van der Waals surface area contributed by atoms with Crippen molar-refractivity contribution < 1.29 is 4.79 Å². The minimum absolute atomic E-state index is 0.431. The highest BCUT2D eigenvalue weighted by Crippen LogP contribution is 2.16. The van der Waals surface area contributed by atoms with Crippen molar-refractivity contribution in [3.63, 3.8) is 0 Å². The molecular formula is C9H18OSi2. The van der Waals surface area contributed by atoms with Crippen molar-refractivity contribution in [3.8, 4) is 0 Å². The molecule has 0 aromatic carbocycles. The second-order valence-corrected chi connectivity index (χ2v) is 13.3. The Morgan fingerprint density at radius 3 is 1.42 bits per heavy atom. The second kappa shape index (κ2) is 3.53. The first kappa shape index (κ1) is 11.6. The third-order valence-corrected chi connectivity index (χ3v) is 10.4. The molecule has 0 aliphatic carbocycles. The number of hydrogen-bond acceptors (Lipinski definition) is 1. The molecule has 0 N–H and O–H groups in total. The molecule has 0 saturated carbocycles. The van der Waals surface area contributed by atoms with Gasteiger partial charge in [0.1, 0.15) is 21.2 Å². The molecule has 0 fully saturated rings. The lowest BCUT2D eigenvalue weighted by Crippen LogP contribution is -2.50. The van der Waals surface area contributed by atoms with E-state index in [1.807, 2.05) is 37.6 Å². The van der Waals surface area contributed by atoms with Gasteiger partial charge in [0.05, 0.1) is 0 Å². The minimum Gasteiger partial charge on any atom is -0.310 e. The van der Waals surface area contributed by atoms with Crippen molar-refractivity contribution in [3.05, 3.63) is 24.6 Å². The standard InChI is InChI=1S/C9H18OSi2/c1-7-11(3,4)9(10)12(5,6)8-2/h7-8H,1-2H2,3-6H3. The van der Waals surface area contributed by atoms with Gasteiger partial charge in [-0.25, -0.2) is 0 Å². The Balaban J connectivity index is 4.83. The summed E-state index contributed by atoms with van der Waals surface area (Å²) in [4.78, 5) is 11.9. The van der Waals surface area contributed by atoms with Gasteiger partial charge >= 0.3 is 0 Å². The van der Waals surface area contributed by atoms with Crippen molar-refractivity contribution >= 4 is 21.2 Å². The highest BCUT2D eigenvalue weighted by atomic mass is 28.4. The maximum atomic E-state index is 11.9. The molecule has 0 aliphatic heterocycles. The zero-order chi connectivity index (χ0) is 9.99. The Hall–Kier alpha value is -0.416. The molecule has 3 heteroatoms. The lowest BCUT2D eigenvalue weighted by molar-refractivity contribution is 0.272. The normalized spacial score (nSPS) is 12.3. The van der Waals surface area contributed by atoms with Gasteiger partial charge in [-0.1, -0.05) is 37.6 Å². The summed E-state index contributed by atoms with van der Waals surface area (Å²) in [5.74, 6) is 0. The minimum atomic E-state index is -1.82. The molecule has 0 saturated heterocycles. The van der Waals surface area contributed by atoms with E-state index in [0.29, 0.717) is 5.03 Å². The summed E-state index contributed by atoms with van der Waals surface area (Å²) in [7, 11) is -3.64. The molecular weight excluding hydrogens is 180 g/mol. The van der Waals surface area contributed by atoms with Crippen LogP contribution in [0.2, 0.25) is 26.2 Å². The van der Waals surface area contributed by atoms with Crippen molar-refractivity contribution in [2.24, 2.45) is 0 Å². The van der Waals surface area contributed by atoms with E-state index in [1.165, 1.54) is 0 Å². The lowest BCUT2D eigenvalue weighted by atomic mass is 11.3. The molecule has 0 spiro atoms. The molecule has 0 atom stereocenters. The Labute approximate surface area is 77.2 Å². The SMILES string of the molecule is C=C[Si](C)(C)C(=O)[Si](C)(C)C=C. The predicted octanol–water partition coefficient (Wildman–Crippen LogP) is 3.14. The third kappa shape index (κ3) is 2.28. The lowest BCUT2D eigenvalue weighted by Gasteiger charge is -2.25. The number of carbonyl (C=O) groups excluding carboxylic acids is 1. The molecule has 0 unspecified atom stereocenters. The zero-order valence-corrected chi connectivity index (χ0v) is 10.5. The van der Waals surface area contributed by atoms with Crippen LogP contribution in [0.5, 0.6) is 0 Å². The van der Waals surface area contributed by atoms with E-state index in [-0.39, 0.29) is 0 Å². The molecule has 1 nitrogen and oxygen atoms in total. The Morgan fingerprint density at radius 1 is 1.00 bits per heavy atom. The fourth-order valence-corrected chi connectivity index (χ4v) is 8.64. The van der Waals surface area contributed by atoms with Gasteiger partial charge in [0.25, 0.3) is 0 Å². The first-order chi connectivity index (χ1) is 5.28. The van der Waals surface area contributed by atoms with Gasteiger partial charge in [-0.15, -0.1) is 13.2 Å². The number of hydrogen-bond donors (Lipinski definition) is 0. The van der Waals surface area contributed by atoms with Gasteiger partial charge < -0.3 is 4.79 Å². The van der Waals surface area contributed by atoms with Crippen LogP contribution in [0.1, 0.15) is 0 Å². The molecule has 0 rings (SSSR count). The van der Waals surface area contributed by atoms with Gasteiger partial charge in [0, 0.05) is 0 Å². The Bertz CT molecular complexity index is 195. The maximum absolute atomic E-state index is 11.9. The van der Waals surface area contributed by atoms with Crippen molar-refractivity contribution in [2.75, 3.05) is 0 Å². The smallest absolute Gasteiger partial charge is 0.143 e. The zero-order valence-electron chi connectivity index (χ0n) is 8.48. The molecule has 68 valence electrons. The van der Waals surface area contributed by atoms with E-state index in [9.17, 15) is 4.79 Å². The van der Waals surface area contributed by atoms with E-state index in [4.69, 9.17) is 0 Å². The molecule has 0 bridgehead atoms. The first-order valence-corrected chi connectivity index (χ1v) is 10.3. The van der Waals surface area contributed by atoms with E-state index in [1.54, 1.807) is 0 Å². The van der Waals surface area contributed by atoms with Gasteiger partial charge in [-0.3, -0.25) is 0 Å². The average molecular weight is 198 g/mol. The highest BCUT2D eigenvalue weighted by molar-refractivity contribution is 7.34. The Kier molecular flexibility index (Phi) is 3.41. The van der Waals surface area contributed by atoms with Gasteiger partial charge in [0.2, 0.25) is 0 Å². The molecule has 0 aromatic heterocycles. The molecule has 0 heterocycles. The molecule has 12 heavy (non-hydrogen) atoms. The van der Waals surface area contributed by atoms with Crippen LogP contribution in [0.3, 0.4) is 0 Å². The summed E-state index contributed by atoms with van der Waals surface area (Å²) >= 11 is 0. The number of rotatable bonds is 4. The largest absolute Gasteiger partial charge is 0.310 e. The van der Waals surface area contributed by atoms with E-state index < -0.39 is 16.1 Å². The van der Waals surface area contributed by atoms with Gasteiger partial charge in [-0.2, -0.15) is 0 Å². The maximum Gasteiger partial charge on any atom is 0.143 e.